The van der Waals surface area contributed by atoms with Crippen LogP contribution in [-0.2, 0) is 9.53 Å². The molecule has 0 bridgehead atoms. The molecule has 0 rings (SSSR count). The summed E-state index contributed by atoms with van der Waals surface area (Å²) in [5.41, 5.74) is 0. The van der Waals surface area contributed by atoms with Crippen molar-refractivity contribution in [2.24, 2.45) is 0 Å². The summed E-state index contributed by atoms with van der Waals surface area (Å²) in [5, 5.41) is 12.2. The molecule has 1 unspecified atom stereocenters. The molecule has 0 saturated heterocycles. The maximum Gasteiger partial charge on any atom is 0.320 e. The molecule has 0 aromatic carbocycles. The van der Waals surface area contributed by atoms with Gasteiger partial charge in [0.05, 0.1) is 6.61 Å². The van der Waals surface area contributed by atoms with E-state index in [1.807, 2.05) is 6.92 Å². The Morgan fingerprint density at radius 3 is 2.50 bits per heavy atom. The van der Waals surface area contributed by atoms with Crippen molar-refractivity contribution in [3.63, 3.8) is 0 Å². The Morgan fingerprint density at radius 1 is 1.39 bits per heavy atom. The molecule has 0 aliphatic carbocycles. The average Bonchev–Trinajstić information content (AvgIpc) is 2.31. The average molecular weight is 260 g/mol. The molecule has 2 N–H and O–H groups in total. The highest BCUT2D eigenvalue weighted by Gasteiger charge is 2.18. The fraction of sp³-hybridized carbons (Fsp3) is 0.923. The topological polar surface area (TPSA) is 61.8 Å². The van der Waals surface area contributed by atoms with Crippen LogP contribution in [0.5, 0.6) is 0 Å². The van der Waals surface area contributed by atoms with Crippen LogP contribution in [0.4, 0.5) is 0 Å². The summed E-state index contributed by atoms with van der Waals surface area (Å²) in [4.78, 5) is 13.3. The van der Waals surface area contributed by atoms with Crippen LogP contribution in [0.1, 0.15) is 33.6 Å². The van der Waals surface area contributed by atoms with Crippen LogP contribution in [-0.4, -0.2) is 61.4 Å². The number of carbonyl (C=O) groups is 1. The third kappa shape index (κ3) is 7.63. The molecule has 0 aliphatic heterocycles. The number of rotatable bonds is 11. The molecular weight excluding hydrogens is 232 g/mol. The molecule has 5 heteroatoms. The van der Waals surface area contributed by atoms with Gasteiger partial charge >= 0.3 is 5.97 Å². The molecule has 0 amide bonds. The van der Waals surface area contributed by atoms with E-state index in [1.165, 1.54) is 0 Å². The highest BCUT2D eigenvalue weighted by molar-refractivity contribution is 5.73. The predicted octanol–water partition coefficient (Wildman–Crippen LogP) is 1.19. The van der Waals surface area contributed by atoms with Crippen LogP contribution in [0.2, 0.25) is 0 Å². The fourth-order valence-electron chi connectivity index (χ4n) is 1.76. The molecule has 0 fully saturated rings. The van der Waals surface area contributed by atoms with Gasteiger partial charge in [0, 0.05) is 26.2 Å². The van der Waals surface area contributed by atoms with E-state index in [4.69, 9.17) is 9.84 Å². The summed E-state index contributed by atoms with van der Waals surface area (Å²) in [6.07, 6.45) is 1.57. The Kier molecular flexibility index (Phi) is 9.92. The summed E-state index contributed by atoms with van der Waals surface area (Å²) < 4.78 is 5.07. The zero-order valence-corrected chi connectivity index (χ0v) is 12.1. The van der Waals surface area contributed by atoms with Gasteiger partial charge in [-0.1, -0.05) is 6.92 Å². The Bertz CT molecular complexity index is 222. The summed E-state index contributed by atoms with van der Waals surface area (Å²) in [5.74, 6) is -0.765. The van der Waals surface area contributed by atoms with Crippen molar-refractivity contribution in [1.29, 1.82) is 0 Å². The third-order valence-corrected chi connectivity index (χ3v) is 2.96. The second kappa shape index (κ2) is 10.3. The van der Waals surface area contributed by atoms with Crippen molar-refractivity contribution in [1.82, 2.24) is 10.2 Å². The number of methoxy groups -OCH3 is 1. The zero-order chi connectivity index (χ0) is 14.0. The van der Waals surface area contributed by atoms with Gasteiger partial charge in [-0.3, -0.25) is 9.69 Å². The molecule has 0 heterocycles. The van der Waals surface area contributed by atoms with Gasteiger partial charge in [-0.15, -0.1) is 0 Å². The van der Waals surface area contributed by atoms with Crippen LogP contribution in [0.15, 0.2) is 0 Å². The quantitative estimate of drug-likeness (QED) is 0.584. The summed E-state index contributed by atoms with van der Waals surface area (Å²) in [6, 6.07) is -0.0467. The first-order valence-electron chi connectivity index (χ1n) is 6.72. The van der Waals surface area contributed by atoms with E-state index >= 15 is 0 Å². The minimum absolute atomic E-state index is 0.403. The maximum absolute atomic E-state index is 11.1. The number of nitrogens with zero attached hydrogens (tertiary/aromatic N) is 1. The number of ether oxygens (including phenoxy) is 1. The summed E-state index contributed by atoms with van der Waals surface area (Å²) >= 11 is 0. The molecule has 18 heavy (non-hydrogen) atoms. The first-order valence-corrected chi connectivity index (χ1v) is 6.72. The van der Waals surface area contributed by atoms with Gasteiger partial charge in [0.15, 0.2) is 0 Å². The van der Waals surface area contributed by atoms with E-state index in [-0.39, 0.29) is 0 Å². The third-order valence-electron chi connectivity index (χ3n) is 2.96. The van der Waals surface area contributed by atoms with E-state index in [1.54, 1.807) is 7.11 Å². The van der Waals surface area contributed by atoms with Gasteiger partial charge in [0.2, 0.25) is 0 Å². The van der Waals surface area contributed by atoms with Gasteiger partial charge in [0.25, 0.3) is 0 Å². The van der Waals surface area contributed by atoms with E-state index in [0.29, 0.717) is 19.1 Å². The number of hydrogen-bond acceptors (Lipinski definition) is 4. The SMILES string of the molecule is CCCNC(CCN(CCOC)C(C)C)C(=O)O. The molecule has 0 spiro atoms. The largest absolute Gasteiger partial charge is 0.480 e. The van der Waals surface area contributed by atoms with Crippen molar-refractivity contribution in [3.05, 3.63) is 0 Å². The van der Waals surface area contributed by atoms with Gasteiger partial charge in [0.1, 0.15) is 6.04 Å². The van der Waals surface area contributed by atoms with Gasteiger partial charge in [-0.2, -0.15) is 0 Å². The van der Waals surface area contributed by atoms with Gasteiger partial charge in [-0.05, 0) is 33.2 Å². The second-order valence-electron chi connectivity index (χ2n) is 4.76. The lowest BCUT2D eigenvalue weighted by Gasteiger charge is -2.27. The van der Waals surface area contributed by atoms with Crippen molar-refractivity contribution >= 4 is 5.97 Å². The molecule has 0 aromatic rings. The minimum Gasteiger partial charge on any atom is -0.480 e. The number of aliphatic carboxylic acids is 1. The lowest BCUT2D eigenvalue weighted by molar-refractivity contribution is -0.139. The van der Waals surface area contributed by atoms with E-state index in [9.17, 15) is 4.79 Å². The Balaban J connectivity index is 4.14. The van der Waals surface area contributed by atoms with E-state index < -0.39 is 12.0 Å². The monoisotopic (exact) mass is 260 g/mol. The van der Waals surface area contributed by atoms with E-state index in [2.05, 4.69) is 24.1 Å². The standard InChI is InChI=1S/C13H28N2O3/c1-5-7-14-12(13(16)17)6-8-15(11(2)3)9-10-18-4/h11-12,14H,5-10H2,1-4H3,(H,16,17). The zero-order valence-electron chi connectivity index (χ0n) is 12.1. The first-order chi connectivity index (χ1) is 8.52. The van der Waals surface area contributed by atoms with Gasteiger partial charge < -0.3 is 15.2 Å². The lowest BCUT2D eigenvalue weighted by Crippen LogP contribution is -2.42. The molecule has 0 saturated carbocycles. The number of carboxylic acid groups (broad SMARTS) is 1. The molecule has 0 aliphatic rings. The molecule has 0 radical (unpaired) electrons. The highest BCUT2D eigenvalue weighted by atomic mass is 16.5. The number of carboxylic acids is 1. The van der Waals surface area contributed by atoms with Crippen LogP contribution in [0.3, 0.4) is 0 Å². The number of hydrogen-bond donors (Lipinski definition) is 2. The highest BCUT2D eigenvalue weighted by Crippen LogP contribution is 2.02. The molecule has 0 aromatic heterocycles. The smallest absolute Gasteiger partial charge is 0.320 e. The molecular formula is C13H28N2O3. The Labute approximate surface area is 110 Å². The summed E-state index contributed by atoms with van der Waals surface area (Å²) in [6.45, 7) is 9.30. The van der Waals surface area contributed by atoms with Crippen LogP contribution in [0.25, 0.3) is 0 Å². The lowest BCUT2D eigenvalue weighted by atomic mass is 10.1. The van der Waals surface area contributed by atoms with Crippen LogP contribution in [0, 0.1) is 0 Å². The summed E-state index contributed by atoms with van der Waals surface area (Å²) in [7, 11) is 1.68. The first kappa shape index (κ1) is 17.4. The normalized spacial score (nSPS) is 13.2. The molecule has 108 valence electrons. The van der Waals surface area contributed by atoms with Crippen molar-refractivity contribution in [3.8, 4) is 0 Å². The van der Waals surface area contributed by atoms with Crippen molar-refractivity contribution < 1.29 is 14.6 Å². The van der Waals surface area contributed by atoms with Gasteiger partial charge in [-0.25, -0.2) is 0 Å². The molecule has 5 nitrogen and oxygen atoms in total. The van der Waals surface area contributed by atoms with Crippen molar-refractivity contribution in [2.45, 2.75) is 45.7 Å². The number of nitrogens with one attached hydrogen (secondary N) is 1. The van der Waals surface area contributed by atoms with E-state index in [0.717, 1.165) is 26.1 Å². The maximum atomic E-state index is 11.1. The minimum atomic E-state index is -0.765. The van der Waals surface area contributed by atoms with Crippen LogP contribution < -0.4 is 5.32 Å². The second-order valence-corrected chi connectivity index (χ2v) is 4.76. The molecule has 1 atom stereocenters. The van der Waals surface area contributed by atoms with Crippen molar-refractivity contribution in [2.75, 3.05) is 33.4 Å². The van der Waals surface area contributed by atoms with Crippen LogP contribution >= 0.6 is 0 Å². The predicted molar refractivity (Wildman–Crippen MR) is 72.9 cm³/mol. The fourth-order valence-corrected chi connectivity index (χ4v) is 1.76. The Hall–Kier alpha value is -0.650. The Morgan fingerprint density at radius 2 is 2.06 bits per heavy atom.